The van der Waals surface area contributed by atoms with Crippen LogP contribution in [0.4, 0.5) is 0 Å². The molecule has 3 nitrogen and oxygen atoms in total. The molecule has 0 saturated carbocycles. The Hall–Kier alpha value is -1.35. The topological polar surface area (TPSA) is 55.1 Å². The lowest BCUT2D eigenvalue weighted by atomic mass is 9.82. The second-order valence-corrected chi connectivity index (χ2v) is 5.68. The zero-order chi connectivity index (χ0) is 15.0. The lowest BCUT2D eigenvalue weighted by molar-refractivity contribution is -0.121. The minimum Gasteiger partial charge on any atom is -0.355 e. The van der Waals surface area contributed by atoms with Crippen LogP contribution in [0.15, 0.2) is 24.3 Å². The number of hydrogen-bond acceptors (Lipinski definition) is 2. The summed E-state index contributed by atoms with van der Waals surface area (Å²) in [6.45, 7) is 7.65. The van der Waals surface area contributed by atoms with Crippen molar-refractivity contribution < 1.29 is 4.79 Å². The van der Waals surface area contributed by atoms with E-state index in [9.17, 15) is 4.79 Å². The summed E-state index contributed by atoms with van der Waals surface area (Å²) in [5.41, 5.74) is 8.36. The van der Waals surface area contributed by atoms with Crippen LogP contribution in [0, 0.1) is 12.3 Å². The third-order valence-electron chi connectivity index (χ3n) is 4.32. The molecule has 0 aliphatic rings. The van der Waals surface area contributed by atoms with E-state index in [1.807, 2.05) is 6.07 Å². The first kappa shape index (κ1) is 16.7. The summed E-state index contributed by atoms with van der Waals surface area (Å²) >= 11 is 0. The number of aryl methyl sites for hydroxylation is 2. The Morgan fingerprint density at radius 2 is 2.00 bits per heavy atom. The maximum absolute atomic E-state index is 11.9. The van der Waals surface area contributed by atoms with Crippen molar-refractivity contribution in [2.24, 2.45) is 11.1 Å². The highest BCUT2D eigenvalue weighted by Crippen LogP contribution is 2.23. The van der Waals surface area contributed by atoms with E-state index in [0.717, 1.165) is 19.3 Å². The van der Waals surface area contributed by atoms with E-state index in [4.69, 9.17) is 5.73 Å². The second-order valence-electron chi connectivity index (χ2n) is 5.68. The number of carbonyl (C=O) groups is 1. The monoisotopic (exact) mass is 276 g/mol. The number of benzene rings is 1. The fraction of sp³-hybridized carbons (Fsp3) is 0.588. The van der Waals surface area contributed by atoms with Crippen molar-refractivity contribution in [3.63, 3.8) is 0 Å². The SMILES string of the molecule is CCC(CC)(CN)CNC(=O)CCc1cccc(C)c1. The third kappa shape index (κ3) is 4.97. The fourth-order valence-electron chi connectivity index (χ4n) is 2.36. The lowest BCUT2D eigenvalue weighted by Gasteiger charge is -2.30. The molecular formula is C17H28N2O. The molecule has 0 atom stereocenters. The maximum atomic E-state index is 11.9. The molecule has 112 valence electrons. The summed E-state index contributed by atoms with van der Waals surface area (Å²) in [6, 6.07) is 8.32. The molecule has 1 rings (SSSR count). The summed E-state index contributed by atoms with van der Waals surface area (Å²) in [6.07, 6.45) is 3.33. The minimum atomic E-state index is 0.0546. The Balaban J connectivity index is 2.40. The second kappa shape index (κ2) is 8.05. The summed E-state index contributed by atoms with van der Waals surface area (Å²) in [7, 11) is 0. The summed E-state index contributed by atoms with van der Waals surface area (Å²) in [5.74, 6) is 0.117. The molecule has 1 amide bonds. The number of rotatable bonds is 8. The average Bonchev–Trinajstić information content (AvgIpc) is 2.47. The highest BCUT2D eigenvalue weighted by Gasteiger charge is 2.24. The van der Waals surface area contributed by atoms with Crippen LogP contribution in [-0.2, 0) is 11.2 Å². The van der Waals surface area contributed by atoms with Crippen LogP contribution in [0.3, 0.4) is 0 Å². The standard InChI is InChI=1S/C17H28N2O/c1-4-17(5-2,12-18)13-19-16(20)10-9-15-8-6-7-14(3)11-15/h6-8,11H,4-5,9-10,12-13,18H2,1-3H3,(H,19,20). The molecule has 0 aliphatic carbocycles. The Bertz CT molecular complexity index is 416. The van der Waals surface area contributed by atoms with E-state index in [-0.39, 0.29) is 11.3 Å². The molecule has 3 N–H and O–H groups in total. The van der Waals surface area contributed by atoms with Crippen LogP contribution in [0.1, 0.15) is 44.2 Å². The van der Waals surface area contributed by atoms with Gasteiger partial charge in [0.05, 0.1) is 0 Å². The van der Waals surface area contributed by atoms with E-state index >= 15 is 0 Å². The molecule has 1 aromatic carbocycles. The summed E-state index contributed by atoms with van der Waals surface area (Å²) < 4.78 is 0. The van der Waals surface area contributed by atoms with Gasteiger partial charge in [-0.15, -0.1) is 0 Å². The van der Waals surface area contributed by atoms with Crippen LogP contribution in [0.2, 0.25) is 0 Å². The molecule has 0 radical (unpaired) electrons. The largest absolute Gasteiger partial charge is 0.355 e. The molecule has 0 bridgehead atoms. The number of carbonyl (C=O) groups excluding carboxylic acids is 1. The smallest absolute Gasteiger partial charge is 0.220 e. The quantitative estimate of drug-likeness (QED) is 0.767. The van der Waals surface area contributed by atoms with E-state index in [1.165, 1.54) is 11.1 Å². The highest BCUT2D eigenvalue weighted by molar-refractivity contribution is 5.76. The van der Waals surface area contributed by atoms with Gasteiger partial charge in [0.15, 0.2) is 0 Å². The van der Waals surface area contributed by atoms with Crippen molar-refractivity contribution in [3.05, 3.63) is 35.4 Å². The van der Waals surface area contributed by atoms with Crippen LogP contribution in [-0.4, -0.2) is 19.0 Å². The third-order valence-corrected chi connectivity index (χ3v) is 4.32. The van der Waals surface area contributed by atoms with E-state index < -0.39 is 0 Å². The maximum Gasteiger partial charge on any atom is 0.220 e. The number of nitrogens with two attached hydrogens (primary N) is 1. The first-order chi connectivity index (χ1) is 9.55. The molecule has 0 aromatic heterocycles. The predicted molar refractivity (Wildman–Crippen MR) is 84.6 cm³/mol. The van der Waals surface area contributed by atoms with Crippen LogP contribution >= 0.6 is 0 Å². The zero-order valence-corrected chi connectivity index (χ0v) is 13.0. The van der Waals surface area contributed by atoms with E-state index in [0.29, 0.717) is 19.5 Å². The van der Waals surface area contributed by atoms with Crippen molar-refractivity contribution in [2.45, 2.75) is 46.5 Å². The lowest BCUT2D eigenvalue weighted by Crippen LogP contribution is -2.41. The van der Waals surface area contributed by atoms with E-state index in [1.54, 1.807) is 0 Å². The Kier molecular flexibility index (Phi) is 6.73. The van der Waals surface area contributed by atoms with Gasteiger partial charge in [0, 0.05) is 13.0 Å². The molecule has 3 heteroatoms. The van der Waals surface area contributed by atoms with Crippen molar-refractivity contribution in [1.29, 1.82) is 0 Å². The molecule has 0 spiro atoms. The first-order valence-corrected chi connectivity index (χ1v) is 7.57. The molecule has 0 unspecified atom stereocenters. The highest BCUT2D eigenvalue weighted by atomic mass is 16.1. The van der Waals surface area contributed by atoms with Gasteiger partial charge in [0.25, 0.3) is 0 Å². The van der Waals surface area contributed by atoms with Gasteiger partial charge in [-0.3, -0.25) is 4.79 Å². The van der Waals surface area contributed by atoms with Crippen molar-refractivity contribution in [1.82, 2.24) is 5.32 Å². The van der Waals surface area contributed by atoms with Gasteiger partial charge in [0.2, 0.25) is 5.91 Å². The number of hydrogen-bond donors (Lipinski definition) is 2. The van der Waals surface area contributed by atoms with Crippen molar-refractivity contribution in [3.8, 4) is 0 Å². The molecule has 0 heterocycles. The van der Waals surface area contributed by atoms with Crippen LogP contribution in [0.5, 0.6) is 0 Å². The number of amides is 1. The summed E-state index contributed by atoms with van der Waals surface area (Å²) in [5, 5.41) is 3.04. The zero-order valence-electron chi connectivity index (χ0n) is 13.0. The van der Waals surface area contributed by atoms with Gasteiger partial charge < -0.3 is 11.1 Å². The molecule has 1 aromatic rings. The normalized spacial score (nSPS) is 11.4. The van der Waals surface area contributed by atoms with E-state index in [2.05, 4.69) is 44.3 Å². The Morgan fingerprint density at radius 1 is 1.30 bits per heavy atom. The summed E-state index contributed by atoms with van der Waals surface area (Å²) in [4.78, 5) is 11.9. The number of nitrogens with one attached hydrogen (secondary N) is 1. The van der Waals surface area contributed by atoms with Gasteiger partial charge >= 0.3 is 0 Å². The van der Waals surface area contributed by atoms with Gasteiger partial charge in [-0.2, -0.15) is 0 Å². The average molecular weight is 276 g/mol. The minimum absolute atomic E-state index is 0.0546. The van der Waals surface area contributed by atoms with Crippen molar-refractivity contribution in [2.75, 3.05) is 13.1 Å². The van der Waals surface area contributed by atoms with Gasteiger partial charge in [-0.25, -0.2) is 0 Å². The van der Waals surface area contributed by atoms with Gasteiger partial charge in [0.1, 0.15) is 0 Å². The first-order valence-electron chi connectivity index (χ1n) is 7.57. The van der Waals surface area contributed by atoms with Crippen LogP contribution < -0.4 is 11.1 Å². The predicted octanol–water partition coefficient (Wildman–Crippen LogP) is 2.81. The molecular weight excluding hydrogens is 248 g/mol. The molecule has 0 aliphatic heterocycles. The molecule has 20 heavy (non-hydrogen) atoms. The fourth-order valence-corrected chi connectivity index (χ4v) is 2.36. The van der Waals surface area contributed by atoms with Gasteiger partial charge in [-0.05, 0) is 43.7 Å². The van der Waals surface area contributed by atoms with Gasteiger partial charge in [-0.1, -0.05) is 43.7 Å². The molecule has 0 fully saturated rings. The van der Waals surface area contributed by atoms with Crippen LogP contribution in [0.25, 0.3) is 0 Å². The molecule has 0 saturated heterocycles. The van der Waals surface area contributed by atoms with Crippen molar-refractivity contribution >= 4 is 5.91 Å². The Labute approximate surface area is 122 Å². The Morgan fingerprint density at radius 3 is 2.55 bits per heavy atom.